The van der Waals surface area contributed by atoms with E-state index in [9.17, 15) is 27.2 Å². The van der Waals surface area contributed by atoms with E-state index >= 15 is 4.39 Å². The van der Waals surface area contributed by atoms with Crippen LogP contribution < -0.4 is 26.4 Å². The number of H-pyrrole nitrogens is 1. The Morgan fingerprint density at radius 2 is 2.00 bits per heavy atom. The standard InChI is InChI=1S/C30H33F2N7O5S/c1-37-15-22-21-9-18(16-45(2,43)44)24(38(8-7-34-17-40)26(41)5-3-4-6-33)11-25(21)39(29-23(32)10-20(31)13-36-29)14-19-12-35-28(27(19)22)30(37)42/h9-13,15,17,35H,3-8,14,16,33H2,1-2H3,(H,34,40). The van der Waals surface area contributed by atoms with E-state index in [0.29, 0.717) is 65.1 Å². The zero-order valence-corrected chi connectivity index (χ0v) is 25.6. The summed E-state index contributed by atoms with van der Waals surface area (Å²) in [6.45, 7) is 0.484. The fourth-order valence-corrected chi connectivity index (χ4v) is 6.49. The van der Waals surface area contributed by atoms with Crippen LogP contribution in [-0.4, -0.2) is 61.2 Å². The molecule has 4 aromatic rings. The van der Waals surface area contributed by atoms with Crippen molar-refractivity contribution >= 4 is 50.3 Å². The minimum Gasteiger partial charge on any atom is -0.357 e. The van der Waals surface area contributed by atoms with Crippen LogP contribution in [0, 0.1) is 11.6 Å². The number of nitrogens with zero attached hydrogens (tertiary/aromatic N) is 4. The molecule has 4 N–H and O–H groups in total. The molecule has 5 rings (SSSR count). The largest absolute Gasteiger partial charge is 0.357 e. The van der Waals surface area contributed by atoms with Crippen LogP contribution in [-0.2, 0) is 38.8 Å². The lowest BCUT2D eigenvalue weighted by molar-refractivity contribution is -0.119. The fraction of sp³-hybridized carbons (Fsp3) is 0.333. The van der Waals surface area contributed by atoms with Gasteiger partial charge in [0.15, 0.2) is 21.5 Å². The normalized spacial score (nSPS) is 12.6. The summed E-state index contributed by atoms with van der Waals surface area (Å²) in [6, 6.07) is 3.92. The van der Waals surface area contributed by atoms with Crippen LogP contribution in [0.25, 0.3) is 22.0 Å². The number of aromatic amines is 1. The molecule has 4 heterocycles. The number of sulfone groups is 1. The number of anilines is 3. The first kappa shape index (κ1) is 31.8. The van der Waals surface area contributed by atoms with E-state index in [-0.39, 0.29) is 54.6 Å². The number of aryl methyl sites for hydroxylation is 1. The molecule has 0 fully saturated rings. The van der Waals surface area contributed by atoms with Crippen molar-refractivity contribution in [3.05, 3.63) is 69.9 Å². The highest BCUT2D eigenvalue weighted by atomic mass is 32.2. The van der Waals surface area contributed by atoms with Crippen molar-refractivity contribution in [3.63, 3.8) is 0 Å². The van der Waals surface area contributed by atoms with E-state index in [1.165, 1.54) is 14.4 Å². The van der Waals surface area contributed by atoms with Crippen molar-refractivity contribution in [2.24, 2.45) is 12.8 Å². The van der Waals surface area contributed by atoms with E-state index in [1.807, 2.05) is 0 Å². The first-order chi connectivity index (χ1) is 21.4. The Balaban J connectivity index is 1.83. The molecule has 1 aliphatic heterocycles. The molecule has 0 spiro atoms. The maximum atomic E-state index is 15.4. The van der Waals surface area contributed by atoms with Gasteiger partial charge in [-0.2, -0.15) is 0 Å². The molecule has 0 atom stereocenters. The van der Waals surface area contributed by atoms with E-state index in [0.717, 1.165) is 12.5 Å². The molecule has 238 valence electrons. The number of nitrogens with two attached hydrogens (primary N) is 1. The minimum atomic E-state index is -3.65. The van der Waals surface area contributed by atoms with E-state index < -0.39 is 27.2 Å². The fourth-order valence-electron chi connectivity index (χ4n) is 5.69. The van der Waals surface area contributed by atoms with Gasteiger partial charge >= 0.3 is 0 Å². The number of hydrogen-bond acceptors (Lipinski definition) is 8. The van der Waals surface area contributed by atoms with Crippen LogP contribution in [0.2, 0.25) is 0 Å². The molecule has 0 bridgehead atoms. The smallest absolute Gasteiger partial charge is 0.274 e. The Morgan fingerprint density at radius 1 is 1.22 bits per heavy atom. The molecule has 1 aliphatic rings. The van der Waals surface area contributed by atoms with Gasteiger partial charge in [-0.15, -0.1) is 0 Å². The summed E-state index contributed by atoms with van der Waals surface area (Å²) in [5, 5.41) is 3.10. The average molecular weight is 642 g/mol. The molecule has 1 aromatic carbocycles. The number of carbonyl (C=O) groups excluding carboxylic acids is 2. The molecule has 0 aliphatic carbocycles. The summed E-state index contributed by atoms with van der Waals surface area (Å²) in [4.78, 5) is 47.7. The zero-order valence-electron chi connectivity index (χ0n) is 24.8. The van der Waals surface area contributed by atoms with Gasteiger partial charge in [0.05, 0.1) is 29.9 Å². The first-order valence-electron chi connectivity index (χ1n) is 14.2. The molecule has 3 aromatic heterocycles. The lowest BCUT2D eigenvalue weighted by Gasteiger charge is -2.30. The van der Waals surface area contributed by atoms with E-state index in [2.05, 4.69) is 15.3 Å². The number of aromatic nitrogens is 3. The summed E-state index contributed by atoms with van der Waals surface area (Å²) in [5.74, 6) is -2.80. The second-order valence-corrected chi connectivity index (χ2v) is 13.1. The zero-order chi connectivity index (χ0) is 32.5. The van der Waals surface area contributed by atoms with Gasteiger partial charge in [0, 0.05) is 67.8 Å². The first-order valence-corrected chi connectivity index (χ1v) is 16.3. The Kier molecular flexibility index (Phi) is 9.02. The van der Waals surface area contributed by atoms with E-state index in [1.54, 1.807) is 31.6 Å². The molecule has 2 amide bonds. The molecule has 0 radical (unpaired) electrons. The topological polar surface area (TPSA) is 163 Å². The van der Waals surface area contributed by atoms with Crippen LogP contribution in [0.3, 0.4) is 0 Å². The van der Waals surface area contributed by atoms with Crippen LogP contribution in [0.15, 0.2) is 41.6 Å². The van der Waals surface area contributed by atoms with Gasteiger partial charge in [-0.1, -0.05) is 0 Å². The maximum absolute atomic E-state index is 15.4. The number of rotatable bonds is 12. The maximum Gasteiger partial charge on any atom is 0.274 e. The van der Waals surface area contributed by atoms with Gasteiger partial charge < -0.3 is 30.4 Å². The third kappa shape index (κ3) is 6.44. The highest BCUT2D eigenvalue weighted by Gasteiger charge is 2.31. The second kappa shape index (κ2) is 12.8. The molecular formula is C30H33F2N7O5S. The van der Waals surface area contributed by atoms with Crippen molar-refractivity contribution in [3.8, 4) is 11.1 Å². The van der Waals surface area contributed by atoms with Gasteiger partial charge in [0.2, 0.25) is 12.3 Å². The Bertz CT molecular complexity index is 1960. The summed E-state index contributed by atoms with van der Waals surface area (Å²) >= 11 is 0. The lowest BCUT2D eigenvalue weighted by Crippen LogP contribution is -2.37. The quantitative estimate of drug-likeness (QED) is 0.157. The molecular weight excluding hydrogens is 608 g/mol. The average Bonchev–Trinajstić information content (AvgIpc) is 3.34. The van der Waals surface area contributed by atoms with Crippen LogP contribution in [0.5, 0.6) is 0 Å². The molecule has 0 unspecified atom stereocenters. The highest BCUT2D eigenvalue weighted by Crippen LogP contribution is 2.46. The minimum absolute atomic E-state index is 0.00469. The number of amides is 2. The highest BCUT2D eigenvalue weighted by molar-refractivity contribution is 7.89. The molecule has 15 heteroatoms. The van der Waals surface area contributed by atoms with Crippen molar-refractivity contribution in [2.45, 2.75) is 31.6 Å². The molecule has 0 saturated heterocycles. The van der Waals surface area contributed by atoms with Gasteiger partial charge in [0.1, 0.15) is 11.3 Å². The SMILES string of the molecule is Cn1cc2c3c(c[nH]c3c1=O)CN(c1ncc(F)cc1F)c1cc(N(CCNC=O)C(=O)CCCCN)c(CS(C)(=O)=O)cc1-2. The number of hydrogen-bond donors (Lipinski definition) is 3. The number of nitrogens with one attached hydrogen (secondary N) is 2. The number of unbranched alkanes of at least 4 members (excludes halogenated alkanes) is 1. The summed E-state index contributed by atoms with van der Waals surface area (Å²) in [7, 11) is -2.07. The van der Waals surface area contributed by atoms with Crippen LogP contribution in [0.1, 0.15) is 30.4 Å². The van der Waals surface area contributed by atoms with Crippen molar-refractivity contribution in [1.29, 1.82) is 0 Å². The third-order valence-corrected chi connectivity index (χ3v) is 8.49. The van der Waals surface area contributed by atoms with Crippen molar-refractivity contribution < 1.29 is 26.8 Å². The lowest BCUT2D eigenvalue weighted by atomic mass is 9.97. The van der Waals surface area contributed by atoms with Gasteiger partial charge in [-0.25, -0.2) is 22.2 Å². The molecule has 0 saturated carbocycles. The second-order valence-electron chi connectivity index (χ2n) is 11.0. The number of pyridine rings is 2. The van der Waals surface area contributed by atoms with Crippen LogP contribution in [0.4, 0.5) is 26.0 Å². The summed E-state index contributed by atoms with van der Waals surface area (Å²) < 4.78 is 56.2. The predicted octanol–water partition coefficient (Wildman–Crippen LogP) is 2.61. The summed E-state index contributed by atoms with van der Waals surface area (Å²) in [6.07, 6.45) is 6.89. The van der Waals surface area contributed by atoms with Gasteiger partial charge in [-0.3, -0.25) is 14.4 Å². The molecule has 45 heavy (non-hydrogen) atoms. The number of fused-ring (bicyclic) bond motifs is 2. The molecule has 12 nitrogen and oxygen atoms in total. The number of benzene rings is 1. The Labute approximate surface area is 257 Å². The van der Waals surface area contributed by atoms with Crippen molar-refractivity contribution in [2.75, 3.05) is 35.7 Å². The van der Waals surface area contributed by atoms with Crippen LogP contribution >= 0.6 is 0 Å². The Morgan fingerprint density at radius 3 is 2.69 bits per heavy atom. The number of halogens is 2. The predicted molar refractivity (Wildman–Crippen MR) is 167 cm³/mol. The Hall–Kier alpha value is -4.63. The number of carbonyl (C=O) groups is 2. The monoisotopic (exact) mass is 641 g/mol. The van der Waals surface area contributed by atoms with Crippen molar-refractivity contribution in [1.82, 2.24) is 19.9 Å². The summed E-state index contributed by atoms with van der Waals surface area (Å²) in [5.41, 5.74) is 8.13. The van der Waals surface area contributed by atoms with Gasteiger partial charge in [-0.05, 0) is 42.6 Å². The van der Waals surface area contributed by atoms with E-state index in [4.69, 9.17) is 5.73 Å². The van der Waals surface area contributed by atoms with Gasteiger partial charge in [0.25, 0.3) is 5.56 Å². The third-order valence-electron chi connectivity index (χ3n) is 7.66.